The largest absolute Gasteiger partial charge is 0.393 e. The van der Waals surface area contributed by atoms with E-state index in [-0.39, 0.29) is 12.1 Å². The summed E-state index contributed by atoms with van der Waals surface area (Å²) < 4.78 is 0. The smallest absolute Gasteiger partial charge is 0.0553 e. The lowest BCUT2D eigenvalue weighted by atomic mass is 9.90. The van der Waals surface area contributed by atoms with E-state index < -0.39 is 0 Å². The van der Waals surface area contributed by atoms with Gasteiger partial charge in [0.1, 0.15) is 0 Å². The third kappa shape index (κ3) is 3.25. The van der Waals surface area contributed by atoms with Crippen molar-refractivity contribution >= 4 is 0 Å². The van der Waals surface area contributed by atoms with E-state index in [4.69, 9.17) is 5.73 Å². The molecular formula is C10H22N2O. The average molecular weight is 186 g/mol. The van der Waals surface area contributed by atoms with Crippen LogP contribution in [0.3, 0.4) is 0 Å². The molecule has 1 saturated heterocycles. The van der Waals surface area contributed by atoms with Crippen LogP contribution >= 0.6 is 0 Å². The molecule has 1 fully saturated rings. The number of aliphatic hydroxyl groups is 1. The number of nitrogens with two attached hydrogens (primary N) is 1. The molecule has 13 heavy (non-hydrogen) atoms. The zero-order valence-electron chi connectivity index (χ0n) is 8.74. The van der Waals surface area contributed by atoms with Crippen molar-refractivity contribution in [2.45, 2.75) is 38.8 Å². The summed E-state index contributed by atoms with van der Waals surface area (Å²) in [5.41, 5.74) is 5.93. The first-order valence-electron chi connectivity index (χ1n) is 5.29. The molecule has 1 aliphatic heterocycles. The molecule has 1 rings (SSSR count). The third-order valence-electron chi connectivity index (χ3n) is 2.81. The summed E-state index contributed by atoms with van der Waals surface area (Å²) in [7, 11) is 0. The van der Waals surface area contributed by atoms with Crippen LogP contribution in [0.4, 0.5) is 0 Å². The number of hydrogen-bond acceptors (Lipinski definition) is 3. The molecule has 3 N–H and O–H groups in total. The van der Waals surface area contributed by atoms with Crippen molar-refractivity contribution in [2.24, 2.45) is 11.7 Å². The van der Waals surface area contributed by atoms with Crippen LogP contribution in [-0.4, -0.2) is 41.8 Å². The molecule has 3 nitrogen and oxygen atoms in total. The van der Waals surface area contributed by atoms with Crippen molar-refractivity contribution < 1.29 is 5.11 Å². The molecule has 3 unspecified atom stereocenters. The number of aliphatic hydroxyl groups excluding tert-OH is 1. The molecule has 0 aromatic rings. The molecule has 1 heterocycles. The van der Waals surface area contributed by atoms with E-state index in [9.17, 15) is 5.11 Å². The minimum Gasteiger partial charge on any atom is -0.393 e. The average Bonchev–Trinajstić information content (AvgIpc) is 2.03. The number of nitrogens with zero attached hydrogens (tertiary/aromatic N) is 1. The molecular weight excluding hydrogens is 164 g/mol. The molecule has 0 amide bonds. The van der Waals surface area contributed by atoms with E-state index >= 15 is 0 Å². The van der Waals surface area contributed by atoms with E-state index in [1.807, 2.05) is 6.92 Å². The lowest BCUT2D eigenvalue weighted by Gasteiger charge is -2.37. The van der Waals surface area contributed by atoms with Crippen LogP contribution in [0.2, 0.25) is 0 Å². The fourth-order valence-electron chi connectivity index (χ4n) is 2.12. The van der Waals surface area contributed by atoms with Gasteiger partial charge in [-0.2, -0.15) is 0 Å². The zero-order valence-corrected chi connectivity index (χ0v) is 8.74. The highest BCUT2D eigenvalue weighted by Crippen LogP contribution is 2.19. The summed E-state index contributed by atoms with van der Waals surface area (Å²) in [6, 6.07) is 0.250. The molecule has 0 aromatic carbocycles. The van der Waals surface area contributed by atoms with Gasteiger partial charge in [0, 0.05) is 19.1 Å². The van der Waals surface area contributed by atoms with Crippen molar-refractivity contribution in [3.63, 3.8) is 0 Å². The molecule has 3 atom stereocenters. The van der Waals surface area contributed by atoms with Gasteiger partial charge in [-0.1, -0.05) is 6.92 Å². The maximum Gasteiger partial charge on any atom is 0.0553 e. The van der Waals surface area contributed by atoms with Crippen molar-refractivity contribution in [2.75, 3.05) is 19.6 Å². The highest BCUT2D eigenvalue weighted by molar-refractivity contribution is 4.83. The Balaban J connectivity index is 2.42. The quantitative estimate of drug-likeness (QED) is 0.672. The topological polar surface area (TPSA) is 49.5 Å². The number of rotatable bonds is 3. The SMILES string of the molecule is CCCN1CC(N)CC(C(C)O)C1. The van der Waals surface area contributed by atoms with Crippen molar-refractivity contribution in [3.05, 3.63) is 0 Å². The summed E-state index contributed by atoms with van der Waals surface area (Å²) in [5.74, 6) is 0.371. The summed E-state index contributed by atoms with van der Waals surface area (Å²) >= 11 is 0. The van der Waals surface area contributed by atoms with E-state index in [1.165, 1.54) is 6.42 Å². The first-order valence-corrected chi connectivity index (χ1v) is 5.29. The summed E-state index contributed by atoms with van der Waals surface area (Å²) in [5, 5.41) is 9.50. The predicted molar refractivity (Wildman–Crippen MR) is 54.5 cm³/mol. The van der Waals surface area contributed by atoms with Gasteiger partial charge in [0.05, 0.1) is 6.10 Å². The zero-order chi connectivity index (χ0) is 9.84. The second kappa shape index (κ2) is 4.94. The highest BCUT2D eigenvalue weighted by atomic mass is 16.3. The minimum atomic E-state index is -0.217. The van der Waals surface area contributed by atoms with Crippen molar-refractivity contribution in [1.29, 1.82) is 0 Å². The van der Waals surface area contributed by atoms with Crippen LogP contribution in [0.5, 0.6) is 0 Å². The van der Waals surface area contributed by atoms with Gasteiger partial charge in [-0.25, -0.2) is 0 Å². The Morgan fingerprint density at radius 2 is 2.23 bits per heavy atom. The Morgan fingerprint density at radius 3 is 2.77 bits per heavy atom. The second-order valence-electron chi connectivity index (χ2n) is 4.26. The summed E-state index contributed by atoms with van der Waals surface area (Å²) in [6.07, 6.45) is 1.92. The molecule has 0 saturated carbocycles. The fourth-order valence-corrected chi connectivity index (χ4v) is 2.12. The fraction of sp³-hybridized carbons (Fsp3) is 1.00. The normalized spacial score (nSPS) is 33.2. The van der Waals surface area contributed by atoms with E-state index in [0.29, 0.717) is 5.92 Å². The lowest BCUT2D eigenvalue weighted by molar-refractivity contribution is 0.0548. The highest BCUT2D eigenvalue weighted by Gasteiger charge is 2.27. The Bertz CT molecular complexity index is 150. The van der Waals surface area contributed by atoms with Crippen LogP contribution in [0.25, 0.3) is 0 Å². The third-order valence-corrected chi connectivity index (χ3v) is 2.81. The lowest BCUT2D eigenvalue weighted by Crippen LogP contribution is -2.49. The van der Waals surface area contributed by atoms with E-state index in [2.05, 4.69) is 11.8 Å². The van der Waals surface area contributed by atoms with Crippen molar-refractivity contribution in [1.82, 2.24) is 4.90 Å². The van der Waals surface area contributed by atoms with Gasteiger partial charge in [0.2, 0.25) is 0 Å². The van der Waals surface area contributed by atoms with Gasteiger partial charge in [0.15, 0.2) is 0 Å². The number of hydrogen-bond donors (Lipinski definition) is 2. The molecule has 0 spiro atoms. The van der Waals surface area contributed by atoms with Crippen LogP contribution < -0.4 is 5.73 Å². The van der Waals surface area contributed by atoms with Gasteiger partial charge >= 0.3 is 0 Å². The van der Waals surface area contributed by atoms with Crippen molar-refractivity contribution in [3.8, 4) is 0 Å². The van der Waals surface area contributed by atoms with Crippen LogP contribution in [-0.2, 0) is 0 Å². The standard InChI is InChI=1S/C10H22N2O/c1-3-4-12-6-9(8(2)13)5-10(11)7-12/h8-10,13H,3-7,11H2,1-2H3. The first kappa shape index (κ1) is 11.0. The molecule has 0 aliphatic carbocycles. The minimum absolute atomic E-state index is 0.217. The number of likely N-dealkylation sites (tertiary alicyclic amines) is 1. The predicted octanol–water partition coefficient (Wildman–Crippen LogP) is 0.426. The first-order chi connectivity index (χ1) is 6.13. The van der Waals surface area contributed by atoms with Gasteiger partial charge in [-0.05, 0) is 32.2 Å². The van der Waals surface area contributed by atoms with Gasteiger partial charge in [-0.3, -0.25) is 0 Å². The summed E-state index contributed by atoms with van der Waals surface area (Å²) in [4.78, 5) is 2.37. The maximum absolute atomic E-state index is 9.50. The molecule has 3 heteroatoms. The Kier molecular flexibility index (Phi) is 4.16. The van der Waals surface area contributed by atoms with Crippen LogP contribution in [0, 0.1) is 5.92 Å². The molecule has 1 aliphatic rings. The Morgan fingerprint density at radius 1 is 1.54 bits per heavy atom. The van der Waals surface area contributed by atoms with E-state index in [1.54, 1.807) is 0 Å². The molecule has 78 valence electrons. The second-order valence-corrected chi connectivity index (χ2v) is 4.26. The van der Waals surface area contributed by atoms with Gasteiger partial charge < -0.3 is 15.7 Å². The van der Waals surface area contributed by atoms with Crippen LogP contribution in [0.15, 0.2) is 0 Å². The molecule has 0 radical (unpaired) electrons. The van der Waals surface area contributed by atoms with Gasteiger partial charge in [0.25, 0.3) is 0 Å². The number of piperidine rings is 1. The molecule has 0 bridgehead atoms. The van der Waals surface area contributed by atoms with Crippen LogP contribution in [0.1, 0.15) is 26.7 Å². The maximum atomic E-state index is 9.50. The Hall–Kier alpha value is -0.120. The molecule has 0 aromatic heterocycles. The Labute approximate surface area is 80.9 Å². The monoisotopic (exact) mass is 186 g/mol. The van der Waals surface area contributed by atoms with E-state index in [0.717, 1.165) is 26.1 Å². The van der Waals surface area contributed by atoms with Gasteiger partial charge in [-0.15, -0.1) is 0 Å². The summed E-state index contributed by atoms with van der Waals surface area (Å²) in [6.45, 7) is 7.16.